The van der Waals surface area contributed by atoms with Crippen molar-refractivity contribution < 1.29 is 22.1 Å². The highest BCUT2D eigenvalue weighted by molar-refractivity contribution is 7.84. The van der Waals surface area contributed by atoms with Gasteiger partial charge in [-0.15, -0.1) is 0 Å². The summed E-state index contributed by atoms with van der Waals surface area (Å²) in [6.07, 6.45) is 45.0. The molecule has 0 aliphatic heterocycles. The lowest BCUT2D eigenvalue weighted by Gasteiger charge is -2.20. The second-order valence-electron chi connectivity index (χ2n) is 15.1. The molecular formula is C45H90N2O5S. The number of hydrogen-bond acceptors (Lipinski definition) is 6. The van der Waals surface area contributed by atoms with E-state index in [1.165, 1.54) is 161 Å². The smallest absolute Gasteiger partial charge is 0.335 e. The van der Waals surface area contributed by atoms with E-state index in [1.54, 1.807) is 0 Å². The number of ether oxygens (including phenoxy) is 2. The molecular weight excluding hydrogens is 681 g/mol. The molecule has 0 amide bonds. The lowest BCUT2D eigenvalue weighted by Crippen LogP contribution is -2.38. The van der Waals surface area contributed by atoms with Crippen molar-refractivity contribution in [1.29, 1.82) is 0 Å². The van der Waals surface area contributed by atoms with Crippen molar-refractivity contribution in [3.05, 3.63) is 24.3 Å². The molecule has 0 heterocycles. The summed E-state index contributed by atoms with van der Waals surface area (Å²) in [5.74, 6) is 0. The zero-order chi connectivity index (χ0) is 38.8. The maximum atomic E-state index is 12.5. The highest BCUT2D eigenvalue weighted by Gasteiger charge is 2.17. The van der Waals surface area contributed by atoms with E-state index < -0.39 is 10.3 Å². The van der Waals surface area contributed by atoms with E-state index >= 15 is 0 Å². The Hall–Kier alpha value is -0.770. The van der Waals surface area contributed by atoms with Crippen molar-refractivity contribution in [2.45, 2.75) is 214 Å². The Morgan fingerprint density at radius 2 is 0.906 bits per heavy atom. The first-order valence-corrected chi connectivity index (χ1v) is 24.2. The molecule has 0 rings (SSSR count). The minimum Gasteiger partial charge on any atom is -0.379 e. The largest absolute Gasteiger partial charge is 0.379 e. The summed E-state index contributed by atoms with van der Waals surface area (Å²) in [6, 6.07) is 0. The summed E-state index contributed by atoms with van der Waals surface area (Å²) >= 11 is 0. The van der Waals surface area contributed by atoms with E-state index in [0.717, 1.165) is 32.4 Å². The molecule has 0 aromatic rings. The Labute approximate surface area is 331 Å². The molecule has 0 aliphatic rings. The molecule has 0 aromatic heterocycles. The third-order valence-corrected chi connectivity index (χ3v) is 11.1. The van der Waals surface area contributed by atoms with E-state index in [0.29, 0.717) is 26.4 Å². The molecule has 7 nitrogen and oxygen atoms in total. The zero-order valence-electron chi connectivity index (χ0n) is 35.7. The highest BCUT2D eigenvalue weighted by atomic mass is 32.2. The van der Waals surface area contributed by atoms with Crippen LogP contribution in [0.15, 0.2) is 24.3 Å². The molecule has 1 unspecified atom stereocenters. The molecule has 316 valence electrons. The topological polar surface area (TPSA) is 77.1 Å². The van der Waals surface area contributed by atoms with Crippen LogP contribution < -0.4 is 4.72 Å². The van der Waals surface area contributed by atoms with Crippen LogP contribution >= 0.6 is 0 Å². The predicted octanol–water partition coefficient (Wildman–Crippen LogP) is 12.7. The van der Waals surface area contributed by atoms with Crippen LogP contribution in [0.2, 0.25) is 0 Å². The van der Waals surface area contributed by atoms with Crippen molar-refractivity contribution in [2.75, 3.05) is 52.6 Å². The molecule has 53 heavy (non-hydrogen) atoms. The monoisotopic (exact) mass is 771 g/mol. The number of hydrogen-bond donors (Lipinski definition) is 1. The molecule has 0 saturated carbocycles. The van der Waals surface area contributed by atoms with Gasteiger partial charge >= 0.3 is 10.3 Å². The quantitative estimate of drug-likeness (QED) is 0.0491. The zero-order valence-corrected chi connectivity index (χ0v) is 36.6. The van der Waals surface area contributed by atoms with Gasteiger partial charge < -0.3 is 14.4 Å². The molecule has 1 N–H and O–H groups in total. The Morgan fingerprint density at radius 3 is 1.34 bits per heavy atom. The molecule has 0 aromatic carbocycles. The van der Waals surface area contributed by atoms with Crippen LogP contribution in [0.25, 0.3) is 0 Å². The lowest BCUT2D eigenvalue weighted by atomic mass is 10.1. The molecule has 0 saturated heterocycles. The van der Waals surface area contributed by atoms with Crippen LogP contribution in [0.5, 0.6) is 0 Å². The van der Waals surface area contributed by atoms with E-state index in [-0.39, 0.29) is 19.3 Å². The minimum atomic E-state index is -3.83. The Balaban J connectivity index is 4.16. The summed E-state index contributed by atoms with van der Waals surface area (Å²) in [7, 11) is -3.83. The van der Waals surface area contributed by atoms with Gasteiger partial charge in [-0.25, -0.2) is 0 Å². The molecule has 8 heteroatoms. The SMILES string of the molecule is CCCCCCCCC=CCCCCCCCCOCC(CNS(=O)(=O)OCCN(CC)CC)OCCCCCCCCC=CCCCCCCCC. The fourth-order valence-electron chi connectivity index (χ4n) is 6.48. The average Bonchev–Trinajstić information content (AvgIpc) is 3.15. The molecule has 0 aliphatic carbocycles. The van der Waals surface area contributed by atoms with Gasteiger partial charge in [0.05, 0.1) is 19.3 Å². The van der Waals surface area contributed by atoms with Crippen molar-refractivity contribution in [3.8, 4) is 0 Å². The van der Waals surface area contributed by atoms with Gasteiger partial charge in [0.15, 0.2) is 0 Å². The first kappa shape index (κ1) is 52.2. The number of rotatable bonds is 44. The van der Waals surface area contributed by atoms with Gasteiger partial charge in [0.1, 0.15) is 0 Å². The van der Waals surface area contributed by atoms with Crippen LogP contribution in [0.4, 0.5) is 0 Å². The van der Waals surface area contributed by atoms with Gasteiger partial charge in [-0.2, -0.15) is 13.1 Å². The second kappa shape index (κ2) is 42.4. The lowest BCUT2D eigenvalue weighted by molar-refractivity contribution is -0.0155. The predicted molar refractivity (Wildman–Crippen MR) is 230 cm³/mol. The highest BCUT2D eigenvalue weighted by Crippen LogP contribution is 2.12. The molecule has 0 radical (unpaired) electrons. The average molecular weight is 771 g/mol. The fourth-order valence-corrected chi connectivity index (χ4v) is 7.25. The molecule has 0 fully saturated rings. The number of allylic oxidation sites excluding steroid dienone is 4. The van der Waals surface area contributed by atoms with Gasteiger partial charge in [0.25, 0.3) is 0 Å². The van der Waals surface area contributed by atoms with Gasteiger partial charge in [0.2, 0.25) is 0 Å². The molecule has 1 atom stereocenters. The Morgan fingerprint density at radius 1 is 0.509 bits per heavy atom. The van der Waals surface area contributed by atoms with E-state index in [2.05, 4.69) is 61.6 Å². The Bertz CT molecular complexity index is 878. The first-order chi connectivity index (χ1) is 26.0. The van der Waals surface area contributed by atoms with E-state index in [9.17, 15) is 8.42 Å². The normalized spacial score (nSPS) is 13.0. The van der Waals surface area contributed by atoms with Crippen LogP contribution in [0.3, 0.4) is 0 Å². The van der Waals surface area contributed by atoms with Gasteiger partial charge in [-0.1, -0.05) is 168 Å². The molecule has 0 bridgehead atoms. The second-order valence-corrected chi connectivity index (χ2v) is 16.5. The van der Waals surface area contributed by atoms with Gasteiger partial charge in [-0.3, -0.25) is 4.18 Å². The number of unbranched alkanes of at least 4 members (excludes halogenated alkanes) is 24. The van der Waals surface area contributed by atoms with Crippen LogP contribution in [0, 0.1) is 0 Å². The third-order valence-electron chi connectivity index (χ3n) is 10.1. The van der Waals surface area contributed by atoms with Crippen LogP contribution in [-0.4, -0.2) is 72.0 Å². The Kier molecular flexibility index (Phi) is 41.8. The fraction of sp³-hybridized carbons (Fsp3) is 0.911. The van der Waals surface area contributed by atoms with Crippen molar-refractivity contribution in [1.82, 2.24) is 9.62 Å². The number of nitrogens with zero attached hydrogens (tertiary/aromatic N) is 1. The molecule has 0 spiro atoms. The number of likely N-dealkylation sites (N-methyl/N-ethyl adjacent to an activating group) is 1. The summed E-state index contributed by atoms with van der Waals surface area (Å²) in [5, 5.41) is 0. The standard InChI is InChI=1S/C45H90N2O5S/c1-5-9-11-13-15-17-19-21-23-25-27-29-31-33-35-37-40-50-44-45(43-46-53(48,49)52-42-39-47(7-3)8-4)51-41-38-36-34-32-30-28-26-24-22-20-18-16-14-12-10-6-2/h21-24,45-46H,5-20,25-44H2,1-4H3. The van der Waals surface area contributed by atoms with Crippen molar-refractivity contribution in [2.24, 2.45) is 0 Å². The van der Waals surface area contributed by atoms with Crippen LogP contribution in [-0.2, 0) is 24.0 Å². The number of nitrogens with one attached hydrogen (secondary N) is 1. The minimum absolute atomic E-state index is 0.143. The van der Waals surface area contributed by atoms with Crippen LogP contribution in [0.1, 0.15) is 207 Å². The third kappa shape index (κ3) is 40.7. The first-order valence-electron chi connectivity index (χ1n) is 22.8. The van der Waals surface area contributed by atoms with Crippen molar-refractivity contribution >= 4 is 10.3 Å². The van der Waals surface area contributed by atoms with E-state index in [1.807, 2.05) is 0 Å². The maximum Gasteiger partial charge on any atom is 0.335 e. The van der Waals surface area contributed by atoms with Crippen molar-refractivity contribution in [3.63, 3.8) is 0 Å². The summed E-state index contributed by atoms with van der Waals surface area (Å²) in [5.41, 5.74) is 0. The summed E-state index contributed by atoms with van der Waals surface area (Å²) in [6.45, 7) is 13.0. The van der Waals surface area contributed by atoms with Gasteiger partial charge in [0, 0.05) is 26.3 Å². The maximum absolute atomic E-state index is 12.5. The van der Waals surface area contributed by atoms with E-state index in [4.69, 9.17) is 13.7 Å². The summed E-state index contributed by atoms with van der Waals surface area (Å²) < 4.78 is 45.0. The van der Waals surface area contributed by atoms with Gasteiger partial charge in [-0.05, 0) is 77.3 Å². The summed E-state index contributed by atoms with van der Waals surface area (Å²) in [4.78, 5) is 2.14.